The topological polar surface area (TPSA) is 38.7 Å². The van der Waals surface area contributed by atoms with Crippen molar-refractivity contribution in [2.75, 3.05) is 0 Å². The maximum Gasteiger partial charge on any atom is 0.164 e. The summed E-state index contributed by atoms with van der Waals surface area (Å²) in [6.07, 6.45) is 0. The van der Waals surface area contributed by atoms with Crippen molar-refractivity contribution in [3.63, 3.8) is 0 Å². The van der Waals surface area contributed by atoms with E-state index in [2.05, 4.69) is 140 Å². The molecule has 0 aliphatic rings. The Hall–Kier alpha value is -7.23. The monoisotopic (exact) mass is 687 g/mol. The summed E-state index contributed by atoms with van der Waals surface area (Å²) < 4.78 is 0. The fourth-order valence-electron chi connectivity index (χ4n) is 7.53. The summed E-state index contributed by atoms with van der Waals surface area (Å²) in [5.41, 5.74) is 10.1. The third kappa shape index (κ3) is 5.88. The molecule has 0 amide bonds. The third-order valence-electron chi connectivity index (χ3n) is 10.3. The van der Waals surface area contributed by atoms with Gasteiger partial charge in [0.2, 0.25) is 0 Å². The molecule has 0 saturated heterocycles. The molecule has 3 heteroatoms. The Labute approximate surface area is 313 Å². The van der Waals surface area contributed by atoms with Gasteiger partial charge in [-0.15, -0.1) is 0 Å². The predicted molar refractivity (Wildman–Crippen MR) is 225 cm³/mol. The van der Waals surface area contributed by atoms with Crippen LogP contribution in [-0.4, -0.2) is 15.0 Å². The summed E-state index contributed by atoms with van der Waals surface area (Å²) in [6.45, 7) is 0. The van der Waals surface area contributed by atoms with Crippen molar-refractivity contribution in [2.45, 2.75) is 0 Å². The van der Waals surface area contributed by atoms with Crippen molar-refractivity contribution in [3.05, 3.63) is 200 Å². The van der Waals surface area contributed by atoms with Crippen molar-refractivity contribution in [1.82, 2.24) is 15.0 Å². The van der Waals surface area contributed by atoms with E-state index in [1.807, 2.05) is 60.7 Å². The van der Waals surface area contributed by atoms with Gasteiger partial charge >= 0.3 is 0 Å². The average Bonchev–Trinajstić information content (AvgIpc) is 3.26. The Kier molecular flexibility index (Phi) is 7.81. The average molecular weight is 688 g/mol. The zero-order chi connectivity index (χ0) is 35.8. The first-order valence-electron chi connectivity index (χ1n) is 18.3. The predicted octanol–water partition coefficient (Wildman–Crippen LogP) is 13.3. The van der Waals surface area contributed by atoms with E-state index in [0.717, 1.165) is 27.6 Å². The van der Waals surface area contributed by atoms with Crippen molar-refractivity contribution in [3.8, 4) is 67.5 Å². The highest BCUT2D eigenvalue weighted by Gasteiger charge is 2.14. The molecule has 0 bridgehead atoms. The smallest absolute Gasteiger partial charge is 0.164 e. The van der Waals surface area contributed by atoms with Crippen LogP contribution in [0.25, 0.3) is 99.9 Å². The Bertz CT molecular complexity index is 2930. The molecule has 54 heavy (non-hydrogen) atoms. The van der Waals surface area contributed by atoms with E-state index in [0.29, 0.717) is 17.5 Å². The van der Waals surface area contributed by atoms with E-state index in [1.54, 1.807) is 0 Å². The first-order valence-corrected chi connectivity index (χ1v) is 18.3. The van der Waals surface area contributed by atoms with Crippen LogP contribution in [0, 0.1) is 0 Å². The summed E-state index contributed by atoms with van der Waals surface area (Å²) in [6, 6.07) is 70.9. The van der Waals surface area contributed by atoms with Gasteiger partial charge in [-0.1, -0.05) is 176 Å². The van der Waals surface area contributed by atoms with Gasteiger partial charge in [-0.3, -0.25) is 0 Å². The molecule has 10 rings (SSSR count). The summed E-state index contributed by atoms with van der Waals surface area (Å²) in [4.78, 5) is 14.8. The maximum absolute atomic E-state index is 4.96. The number of benzene rings is 9. The number of hydrogen-bond acceptors (Lipinski definition) is 3. The molecule has 1 heterocycles. The highest BCUT2D eigenvalue weighted by atomic mass is 15.0. The highest BCUT2D eigenvalue weighted by Crippen LogP contribution is 2.38. The minimum Gasteiger partial charge on any atom is -0.208 e. The lowest BCUT2D eigenvalue weighted by Crippen LogP contribution is -2.00. The van der Waals surface area contributed by atoms with Crippen molar-refractivity contribution < 1.29 is 0 Å². The first kappa shape index (κ1) is 31.5. The molecule has 0 atom stereocenters. The molecular formula is C51H33N3. The second-order valence-corrected chi connectivity index (χ2v) is 13.7. The molecule has 0 aliphatic carbocycles. The second kappa shape index (κ2) is 13.4. The lowest BCUT2D eigenvalue weighted by atomic mass is 9.90. The molecule has 1 aromatic heterocycles. The summed E-state index contributed by atoms with van der Waals surface area (Å²) in [5.74, 6) is 1.97. The minimum atomic E-state index is 0.651. The lowest BCUT2D eigenvalue weighted by Gasteiger charge is -2.14. The van der Waals surface area contributed by atoms with Gasteiger partial charge in [0.15, 0.2) is 17.5 Å². The zero-order valence-electron chi connectivity index (χ0n) is 29.4. The fraction of sp³-hybridized carbons (Fsp3) is 0. The second-order valence-electron chi connectivity index (χ2n) is 13.7. The standard InChI is InChI=1S/C51H33N3/c1-3-13-36(14-4-1)49-52-50(37-15-5-2-6-16-37)54-51(53-49)43-29-23-34-22-24-41(32-44(34)33-43)38-25-26-40-31-42(28-27-39(40)30-38)46-19-9-10-20-47(46)48-21-11-17-35-12-7-8-18-45(35)48/h1-33H. The van der Waals surface area contributed by atoms with Crippen LogP contribution in [0.5, 0.6) is 0 Å². The van der Waals surface area contributed by atoms with Crippen molar-refractivity contribution in [1.29, 1.82) is 0 Å². The molecule has 0 spiro atoms. The molecule has 10 aromatic rings. The van der Waals surface area contributed by atoms with Gasteiger partial charge in [0.25, 0.3) is 0 Å². The van der Waals surface area contributed by atoms with Gasteiger partial charge in [-0.2, -0.15) is 0 Å². The van der Waals surface area contributed by atoms with Crippen molar-refractivity contribution in [2.24, 2.45) is 0 Å². The van der Waals surface area contributed by atoms with Crippen LogP contribution in [0.4, 0.5) is 0 Å². The van der Waals surface area contributed by atoms with E-state index in [1.165, 1.54) is 54.7 Å². The molecule has 9 aromatic carbocycles. The van der Waals surface area contributed by atoms with Crippen LogP contribution in [0.1, 0.15) is 0 Å². The zero-order valence-corrected chi connectivity index (χ0v) is 29.4. The molecule has 0 saturated carbocycles. The normalized spacial score (nSPS) is 11.3. The van der Waals surface area contributed by atoms with Crippen LogP contribution < -0.4 is 0 Å². The largest absolute Gasteiger partial charge is 0.208 e. The Morgan fingerprint density at radius 3 is 1.35 bits per heavy atom. The summed E-state index contributed by atoms with van der Waals surface area (Å²) in [7, 11) is 0. The Morgan fingerprint density at radius 2 is 0.667 bits per heavy atom. The van der Waals surface area contributed by atoms with Gasteiger partial charge in [-0.05, 0) is 90.0 Å². The van der Waals surface area contributed by atoms with Crippen LogP contribution in [0.3, 0.4) is 0 Å². The van der Waals surface area contributed by atoms with E-state index in [9.17, 15) is 0 Å². The number of nitrogens with zero attached hydrogens (tertiary/aromatic N) is 3. The van der Waals surface area contributed by atoms with Gasteiger partial charge in [0.05, 0.1) is 0 Å². The number of fused-ring (bicyclic) bond motifs is 3. The maximum atomic E-state index is 4.96. The summed E-state index contributed by atoms with van der Waals surface area (Å²) in [5, 5.41) is 7.24. The van der Waals surface area contributed by atoms with E-state index in [4.69, 9.17) is 15.0 Å². The fourth-order valence-corrected chi connectivity index (χ4v) is 7.53. The van der Waals surface area contributed by atoms with Crippen molar-refractivity contribution >= 4 is 32.3 Å². The van der Waals surface area contributed by atoms with Gasteiger partial charge < -0.3 is 0 Å². The van der Waals surface area contributed by atoms with Crippen LogP contribution in [-0.2, 0) is 0 Å². The molecule has 0 radical (unpaired) electrons. The van der Waals surface area contributed by atoms with Crippen LogP contribution in [0.2, 0.25) is 0 Å². The third-order valence-corrected chi connectivity index (χ3v) is 10.3. The highest BCUT2D eigenvalue weighted by molar-refractivity contribution is 6.02. The lowest BCUT2D eigenvalue weighted by molar-refractivity contribution is 1.07. The molecule has 0 fully saturated rings. The Balaban J connectivity index is 1.01. The Morgan fingerprint density at radius 1 is 0.222 bits per heavy atom. The molecular weight excluding hydrogens is 655 g/mol. The van der Waals surface area contributed by atoms with Gasteiger partial charge in [-0.25, -0.2) is 15.0 Å². The number of hydrogen-bond donors (Lipinski definition) is 0. The van der Waals surface area contributed by atoms with Crippen LogP contribution >= 0.6 is 0 Å². The quantitative estimate of drug-likeness (QED) is 0.175. The first-order chi connectivity index (χ1) is 26.7. The number of rotatable bonds is 6. The summed E-state index contributed by atoms with van der Waals surface area (Å²) >= 11 is 0. The van der Waals surface area contributed by atoms with E-state index < -0.39 is 0 Å². The van der Waals surface area contributed by atoms with E-state index >= 15 is 0 Å². The van der Waals surface area contributed by atoms with Crippen LogP contribution in [0.15, 0.2) is 200 Å². The molecule has 0 aliphatic heterocycles. The molecule has 0 N–H and O–H groups in total. The number of aromatic nitrogens is 3. The van der Waals surface area contributed by atoms with Gasteiger partial charge in [0.1, 0.15) is 0 Å². The molecule has 3 nitrogen and oxygen atoms in total. The van der Waals surface area contributed by atoms with E-state index in [-0.39, 0.29) is 0 Å². The SMILES string of the molecule is c1ccc(-c2nc(-c3ccccc3)nc(-c3ccc4ccc(-c5ccc6cc(-c7ccccc7-c7cccc8ccccc78)ccc6c5)cc4c3)n2)cc1. The molecule has 252 valence electrons. The van der Waals surface area contributed by atoms with Gasteiger partial charge in [0, 0.05) is 16.7 Å². The minimum absolute atomic E-state index is 0.651. The molecule has 0 unspecified atom stereocenters.